The number of nitrogens with one attached hydrogen (secondary N) is 2. The standard InChI is InChI=1S/C20H19ClN4O3/c1-27-17-6-4-3-5-13(17)11-22-19-10-16(23-12-24-19)20(26)25-14-7-8-18(28-2)15(21)9-14/h3-10,12H,11H2,1-2H3,(H,25,26)(H,22,23,24). The van der Waals surface area contributed by atoms with Crippen LogP contribution in [-0.2, 0) is 6.54 Å². The lowest BCUT2D eigenvalue weighted by atomic mass is 10.2. The molecule has 144 valence electrons. The molecule has 8 heteroatoms. The highest BCUT2D eigenvalue weighted by Crippen LogP contribution is 2.27. The number of para-hydroxylation sites is 1. The molecule has 0 spiro atoms. The molecule has 0 unspecified atom stereocenters. The second kappa shape index (κ2) is 9.05. The van der Waals surface area contributed by atoms with Gasteiger partial charge in [-0.15, -0.1) is 0 Å². The molecule has 1 heterocycles. The highest BCUT2D eigenvalue weighted by molar-refractivity contribution is 6.32. The Balaban J connectivity index is 1.68. The van der Waals surface area contributed by atoms with Gasteiger partial charge in [-0.05, 0) is 24.3 Å². The number of amides is 1. The first-order valence-electron chi connectivity index (χ1n) is 8.43. The highest BCUT2D eigenvalue weighted by Gasteiger charge is 2.11. The molecule has 3 rings (SSSR count). The van der Waals surface area contributed by atoms with Gasteiger partial charge >= 0.3 is 0 Å². The van der Waals surface area contributed by atoms with Crippen LogP contribution < -0.4 is 20.1 Å². The minimum atomic E-state index is -0.371. The quantitative estimate of drug-likeness (QED) is 0.625. The summed E-state index contributed by atoms with van der Waals surface area (Å²) < 4.78 is 10.4. The normalized spacial score (nSPS) is 10.2. The summed E-state index contributed by atoms with van der Waals surface area (Å²) in [6.45, 7) is 0.496. The summed E-state index contributed by atoms with van der Waals surface area (Å²) in [4.78, 5) is 20.7. The van der Waals surface area contributed by atoms with Gasteiger partial charge in [0, 0.05) is 23.9 Å². The summed E-state index contributed by atoms with van der Waals surface area (Å²) in [5, 5.41) is 6.33. The minimum Gasteiger partial charge on any atom is -0.496 e. The molecular weight excluding hydrogens is 380 g/mol. The number of aromatic nitrogens is 2. The molecule has 3 aromatic rings. The SMILES string of the molecule is COc1ccc(NC(=O)c2cc(NCc3ccccc3OC)ncn2)cc1Cl. The third-order valence-corrected chi connectivity index (χ3v) is 4.26. The largest absolute Gasteiger partial charge is 0.496 e. The molecule has 1 aromatic heterocycles. The van der Waals surface area contributed by atoms with Crippen LogP contribution in [0.4, 0.5) is 11.5 Å². The third-order valence-electron chi connectivity index (χ3n) is 3.96. The van der Waals surface area contributed by atoms with Crippen LogP contribution in [0.5, 0.6) is 11.5 Å². The molecule has 7 nitrogen and oxygen atoms in total. The lowest BCUT2D eigenvalue weighted by molar-refractivity contribution is 0.102. The van der Waals surface area contributed by atoms with E-state index >= 15 is 0 Å². The Labute approximate surface area is 167 Å². The third kappa shape index (κ3) is 4.69. The molecule has 28 heavy (non-hydrogen) atoms. The van der Waals surface area contributed by atoms with E-state index < -0.39 is 0 Å². The number of carbonyl (C=O) groups is 1. The number of rotatable bonds is 7. The van der Waals surface area contributed by atoms with Crippen LogP contribution in [0, 0.1) is 0 Å². The van der Waals surface area contributed by atoms with E-state index in [-0.39, 0.29) is 11.6 Å². The van der Waals surface area contributed by atoms with Crippen molar-refractivity contribution in [3.63, 3.8) is 0 Å². The first-order chi connectivity index (χ1) is 13.6. The molecule has 0 fully saturated rings. The van der Waals surface area contributed by atoms with Gasteiger partial charge in [0.2, 0.25) is 0 Å². The van der Waals surface area contributed by atoms with Crippen molar-refractivity contribution in [1.82, 2.24) is 9.97 Å². The predicted octanol–water partition coefficient (Wildman–Crippen LogP) is 4.01. The van der Waals surface area contributed by atoms with Crippen LogP contribution in [0.3, 0.4) is 0 Å². The van der Waals surface area contributed by atoms with Crippen LogP contribution in [0.2, 0.25) is 5.02 Å². The van der Waals surface area contributed by atoms with Crippen molar-refractivity contribution in [1.29, 1.82) is 0 Å². The van der Waals surface area contributed by atoms with E-state index in [4.69, 9.17) is 21.1 Å². The molecule has 2 N–H and O–H groups in total. The molecule has 0 saturated carbocycles. The Hall–Kier alpha value is -3.32. The highest BCUT2D eigenvalue weighted by atomic mass is 35.5. The van der Waals surface area contributed by atoms with Gasteiger partial charge < -0.3 is 20.1 Å². The van der Waals surface area contributed by atoms with Crippen molar-refractivity contribution >= 4 is 29.0 Å². The van der Waals surface area contributed by atoms with Gasteiger partial charge in [0.1, 0.15) is 29.3 Å². The number of methoxy groups -OCH3 is 2. The van der Waals surface area contributed by atoms with E-state index in [1.165, 1.54) is 13.4 Å². The van der Waals surface area contributed by atoms with Gasteiger partial charge in [-0.25, -0.2) is 9.97 Å². The summed E-state index contributed by atoms with van der Waals surface area (Å²) >= 11 is 6.09. The molecule has 0 atom stereocenters. The van der Waals surface area contributed by atoms with Crippen molar-refractivity contribution in [2.75, 3.05) is 24.9 Å². The van der Waals surface area contributed by atoms with Crippen molar-refractivity contribution in [2.45, 2.75) is 6.54 Å². The summed E-state index contributed by atoms with van der Waals surface area (Å²) in [6.07, 6.45) is 1.33. The molecule has 0 aliphatic heterocycles. The zero-order valence-corrected chi connectivity index (χ0v) is 16.2. The number of hydrogen-bond donors (Lipinski definition) is 2. The van der Waals surface area contributed by atoms with Gasteiger partial charge in [-0.1, -0.05) is 29.8 Å². The van der Waals surface area contributed by atoms with Crippen LogP contribution in [0.1, 0.15) is 16.1 Å². The molecule has 0 bridgehead atoms. The second-order valence-electron chi connectivity index (χ2n) is 5.76. The van der Waals surface area contributed by atoms with Crippen LogP contribution in [0.25, 0.3) is 0 Å². The van der Waals surface area contributed by atoms with E-state index in [1.807, 2.05) is 24.3 Å². The van der Waals surface area contributed by atoms with E-state index in [1.54, 1.807) is 31.4 Å². The van der Waals surface area contributed by atoms with Crippen LogP contribution in [0.15, 0.2) is 54.9 Å². The Morgan fingerprint density at radius 1 is 1.04 bits per heavy atom. The fraction of sp³-hybridized carbons (Fsp3) is 0.150. The molecule has 1 amide bonds. The maximum absolute atomic E-state index is 12.5. The number of nitrogens with zero attached hydrogens (tertiary/aromatic N) is 2. The number of hydrogen-bond acceptors (Lipinski definition) is 6. The van der Waals surface area contributed by atoms with Crippen molar-refractivity contribution in [3.05, 3.63) is 71.1 Å². The molecule has 0 radical (unpaired) electrons. The predicted molar refractivity (Wildman–Crippen MR) is 108 cm³/mol. The maximum atomic E-state index is 12.5. The van der Waals surface area contributed by atoms with Crippen LogP contribution in [-0.4, -0.2) is 30.1 Å². The van der Waals surface area contributed by atoms with Crippen LogP contribution >= 0.6 is 11.6 Å². The zero-order chi connectivity index (χ0) is 19.9. The van der Waals surface area contributed by atoms with Gasteiger partial charge in [0.15, 0.2) is 0 Å². The molecule has 0 aliphatic rings. The Morgan fingerprint density at radius 3 is 2.57 bits per heavy atom. The first kappa shape index (κ1) is 19.4. The Bertz CT molecular complexity index is 981. The molecule has 0 aliphatic carbocycles. The van der Waals surface area contributed by atoms with Crippen molar-refractivity contribution in [3.8, 4) is 11.5 Å². The summed E-state index contributed by atoms with van der Waals surface area (Å²) in [6, 6.07) is 14.2. The number of benzene rings is 2. The van der Waals surface area contributed by atoms with Crippen molar-refractivity contribution in [2.24, 2.45) is 0 Å². The number of ether oxygens (including phenoxy) is 2. The van der Waals surface area contributed by atoms with Gasteiger partial charge in [-0.3, -0.25) is 4.79 Å². The Morgan fingerprint density at radius 2 is 1.82 bits per heavy atom. The summed E-state index contributed by atoms with van der Waals surface area (Å²) in [5.41, 5.74) is 1.74. The fourth-order valence-electron chi connectivity index (χ4n) is 2.55. The lowest BCUT2D eigenvalue weighted by Gasteiger charge is -2.11. The first-order valence-corrected chi connectivity index (χ1v) is 8.81. The monoisotopic (exact) mass is 398 g/mol. The molecular formula is C20H19ClN4O3. The minimum absolute atomic E-state index is 0.226. The zero-order valence-electron chi connectivity index (χ0n) is 15.4. The lowest BCUT2D eigenvalue weighted by Crippen LogP contribution is -2.14. The fourth-order valence-corrected chi connectivity index (χ4v) is 2.81. The summed E-state index contributed by atoms with van der Waals surface area (Å²) in [5.74, 6) is 1.46. The number of carbonyl (C=O) groups excluding carboxylic acids is 1. The summed E-state index contributed by atoms with van der Waals surface area (Å²) in [7, 11) is 3.15. The van der Waals surface area contributed by atoms with E-state index in [0.717, 1.165) is 11.3 Å². The average Bonchev–Trinajstić information content (AvgIpc) is 2.73. The average molecular weight is 399 g/mol. The van der Waals surface area contributed by atoms with Gasteiger partial charge in [0.25, 0.3) is 5.91 Å². The van der Waals surface area contributed by atoms with Gasteiger partial charge in [0.05, 0.1) is 19.2 Å². The number of anilines is 2. The molecule has 0 saturated heterocycles. The number of halogens is 1. The maximum Gasteiger partial charge on any atom is 0.274 e. The van der Waals surface area contributed by atoms with E-state index in [9.17, 15) is 4.79 Å². The Kier molecular flexibility index (Phi) is 6.29. The smallest absolute Gasteiger partial charge is 0.274 e. The molecule has 2 aromatic carbocycles. The van der Waals surface area contributed by atoms with Gasteiger partial charge in [-0.2, -0.15) is 0 Å². The van der Waals surface area contributed by atoms with Crippen molar-refractivity contribution < 1.29 is 14.3 Å². The topological polar surface area (TPSA) is 85.4 Å². The van der Waals surface area contributed by atoms with E-state index in [2.05, 4.69) is 20.6 Å². The van der Waals surface area contributed by atoms with E-state index in [0.29, 0.717) is 28.8 Å². The second-order valence-corrected chi connectivity index (χ2v) is 6.16.